The first-order valence-electron chi connectivity index (χ1n) is 5.93. The second kappa shape index (κ2) is 5.51. The SMILES string of the molecule is O=S(=O)(NCc1ccncn1)c1c[nH]c2ncc(Br)cc12. The van der Waals surface area contributed by atoms with Crippen molar-refractivity contribution < 1.29 is 8.42 Å². The van der Waals surface area contributed by atoms with E-state index in [-0.39, 0.29) is 11.4 Å². The van der Waals surface area contributed by atoms with E-state index >= 15 is 0 Å². The fourth-order valence-electron chi connectivity index (χ4n) is 1.85. The van der Waals surface area contributed by atoms with Gasteiger partial charge in [0.2, 0.25) is 10.0 Å². The normalized spacial score (nSPS) is 11.9. The summed E-state index contributed by atoms with van der Waals surface area (Å²) >= 11 is 3.29. The van der Waals surface area contributed by atoms with Crippen LogP contribution < -0.4 is 4.72 Å². The molecule has 0 unspecified atom stereocenters. The molecule has 0 radical (unpaired) electrons. The molecule has 0 aliphatic carbocycles. The van der Waals surface area contributed by atoms with E-state index in [1.165, 1.54) is 12.5 Å². The van der Waals surface area contributed by atoms with Gasteiger partial charge in [0.1, 0.15) is 16.9 Å². The maximum absolute atomic E-state index is 12.4. The molecule has 3 rings (SSSR count). The highest BCUT2D eigenvalue weighted by Gasteiger charge is 2.19. The Balaban J connectivity index is 1.91. The molecule has 21 heavy (non-hydrogen) atoms. The molecule has 7 nitrogen and oxygen atoms in total. The lowest BCUT2D eigenvalue weighted by Gasteiger charge is -2.05. The number of nitrogens with zero attached hydrogens (tertiary/aromatic N) is 3. The fourth-order valence-corrected chi connectivity index (χ4v) is 3.33. The van der Waals surface area contributed by atoms with Crippen molar-refractivity contribution in [3.05, 3.63) is 47.2 Å². The first-order valence-corrected chi connectivity index (χ1v) is 8.21. The number of sulfonamides is 1. The van der Waals surface area contributed by atoms with Gasteiger partial charge in [-0.25, -0.2) is 28.1 Å². The van der Waals surface area contributed by atoms with E-state index in [0.717, 1.165) is 0 Å². The fraction of sp³-hybridized carbons (Fsp3) is 0.0833. The average Bonchev–Trinajstić information content (AvgIpc) is 2.90. The Bertz CT molecular complexity index is 879. The van der Waals surface area contributed by atoms with Crippen LogP contribution in [-0.2, 0) is 16.6 Å². The van der Waals surface area contributed by atoms with E-state index < -0.39 is 10.0 Å². The number of H-pyrrole nitrogens is 1. The van der Waals surface area contributed by atoms with Crippen LogP contribution in [0.5, 0.6) is 0 Å². The molecule has 0 aromatic carbocycles. The smallest absolute Gasteiger partial charge is 0.243 e. The number of pyridine rings is 1. The van der Waals surface area contributed by atoms with Crippen LogP contribution >= 0.6 is 15.9 Å². The van der Waals surface area contributed by atoms with Gasteiger partial charge in [0, 0.05) is 28.4 Å². The van der Waals surface area contributed by atoms with Gasteiger partial charge >= 0.3 is 0 Å². The van der Waals surface area contributed by atoms with Crippen LogP contribution in [0.25, 0.3) is 11.0 Å². The summed E-state index contributed by atoms with van der Waals surface area (Å²) in [5, 5.41) is 0.527. The predicted molar refractivity (Wildman–Crippen MR) is 79.9 cm³/mol. The summed E-state index contributed by atoms with van der Waals surface area (Å²) in [6.07, 6.45) is 5.95. The lowest BCUT2D eigenvalue weighted by atomic mass is 10.3. The molecule has 9 heteroatoms. The highest BCUT2D eigenvalue weighted by Crippen LogP contribution is 2.24. The number of halogens is 1. The Morgan fingerprint density at radius 2 is 2.19 bits per heavy atom. The minimum Gasteiger partial charge on any atom is -0.345 e. The van der Waals surface area contributed by atoms with Gasteiger partial charge in [0.05, 0.1) is 12.2 Å². The summed E-state index contributed by atoms with van der Waals surface area (Å²) in [5.74, 6) is 0. The van der Waals surface area contributed by atoms with Crippen molar-refractivity contribution in [3.8, 4) is 0 Å². The number of aromatic nitrogens is 4. The van der Waals surface area contributed by atoms with Crippen LogP contribution in [0.15, 0.2) is 46.4 Å². The van der Waals surface area contributed by atoms with Gasteiger partial charge in [-0.2, -0.15) is 0 Å². The Kier molecular flexibility index (Phi) is 3.70. The second-order valence-electron chi connectivity index (χ2n) is 4.23. The summed E-state index contributed by atoms with van der Waals surface area (Å²) in [4.78, 5) is 14.9. The van der Waals surface area contributed by atoms with Crippen molar-refractivity contribution in [3.63, 3.8) is 0 Å². The summed E-state index contributed by atoms with van der Waals surface area (Å²) in [5.41, 5.74) is 1.10. The van der Waals surface area contributed by atoms with E-state index in [0.29, 0.717) is 21.2 Å². The number of rotatable bonds is 4. The lowest BCUT2D eigenvalue weighted by Crippen LogP contribution is -2.23. The highest BCUT2D eigenvalue weighted by molar-refractivity contribution is 9.10. The Morgan fingerprint density at radius 1 is 1.33 bits per heavy atom. The standard InChI is InChI=1S/C12H10BrN5O2S/c13-8-3-10-11(6-16-12(10)15-4-8)21(19,20)18-5-9-1-2-14-7-17-9/h1-4,6-7,18H,5H2,(H,15,16). The molecule has 3 aromatic rings. The molecular weight excluding hydrogens is 358 g/mol. The molecule has 0 aliphatic rings. The molecular formula is C12H10BrN5O2S. The molecule has 108 valence electrons. The first-order chi connectivity index (χ1) is 10.1. The van der Waals surface area contributed by atoms with Crippen molar-refractivity contribution >= 4 is 37.0 Å². The third-order valence-corrected chi connectivity index (χ3v) is 4.71. The molecule has 0 fully saturated rings. The van der Waals surface area contributed by atoms with Crippen LogP contribution in [0.4, 0.5) is 0 Å². The molecule has 0 amide bonds. The number of fused-ring (bicyclic) bond motifs is 1. The zero-order chi connectivity index (χ0) is 14.9. The van der Waals surface area contributed by atoms with E-state index in [9.17, 15) is 8.42 Å². The lowest BCUT2D eigenvalue weighted by molar-refractivity contribution is 0.581. The number of hydrogen-bond acceptors (Lipinski definition) is 5. The predicted octanol–water partition coefficient (Wildman–Crippen LogP) is 1.59. The van der Waals surface area contributed by atoms with Gasteiger partial charge in [-0.1, -0.05) is 0 Å². The van der Waals surface area contributed by atoms with Gasteiger partial charge < -0.3 is 4.98 Å². The largest absolute Gasteiger partial charge is 0.345 e. The second-order valence-corrected chi connectivity index (χ2v) is 6.88. The van der Waals surface area contributed by atoms with Crippen LogP contribution in [0.1, 0.15) is 5.69 Å². The van der Waals surface area contributed by atoms with Crippen LogP contribution in [0.2, 0.25) is 0 Å². The minimum absolute atomic E-state index is 0.0962. The highest BCUT2D eigenvalue weighted by atomic mass is 79.9. The number of nitrogens with one attached hydrogen (secondary N) is 2. The molecule has 0 bridgehead atoms. The maximum Gasteiger partial charge on any atom is 0.243 e. The molecule has 0 saturated carbocycles. The molecule has 3 heterocycles. The summed E-state index contributed by atoms with van der Waals surface area (Å²) in [6.45, 7) is 0.0962. The quantitative estimate of drug-likeness (QED) is 0.729. The van der Waals surface area contributed by atoms with E-state index in [1.807, 2.05) is 0 Å². The summed E-state index contributed by atoms with van der Waals surface area (Å²) in [6, 6.07) is 3.36. The molecule has 0 spiro atoms. The van der Waals surface area contributed by atoms with Crippen molar-refractivity contribution in [1.29, 1.82) is 0 Å². The maximum atomic E-state index is 12.4. The summed E-state index contributed by atoms with van der Waals surface area (Å²) < 4.78 is 28.0. The number of aromatic amines is 1. The van der Waals surface area contributed by atoms with E-state index in [2.05, 4.69) is 40.6 Å². The molecule has 0 aliphatic heterocycles. The topological polar surface area (TPSA) is 101 Å². The van der Waals surface area contributed by atoms with Gasteiger partial charge in [0.15, 0.2) is 0 Å². The zero-order valence-corrected chi connectivity index (χ0v) is 13.0. The van der Waals surface area contributed by atoms with Gasteiger partial charge in [-0.05, 0) is 28.1 Å². The summed E-state index contributed by atoms with van der Waals surface area (Å²) in [7, 11) is -3.66. The molecule has 0 atom stereocenters. The van der Waals surface area contributed by atoms with Gasteiger partial charge in [-0.3, -0.25) is 0 Å². The molecule has 3 aromatic heterocycles. The molecule has 2 N–H and O–H groups in total. The third kappa shape index (κ3) is 2.94. The van der Waals surface area contributed by atoms with Gasteiger partial charge in [-0.15, -0.1) is 0 Å². The number of hydrogen-bond donors (Lipinski definition) is 2. The van der Waals surface area contributed by atoms with Gasteiger partial charge in [0.25, 0.3) is 0 Å². The average molecular weight is 368 g/mol. The van der Waals surface area contributed by atoms with Crippen molar-refractivity contribution in [1.82, 2.24) is 24.7 Å². The van der Waals surface area contributed by atoms with E-state index in [4.69, 9.17) is 0 Å². The monoisotopic (exact) mass is 367 g/mol. The van der Waals surface area contributed by atoms with Crippen LogP contribution in [0, 0.1) is 0 Å². The van der Waals surface area contributed by atoms with Crippen LogP contribution in [-0.4, -0.2) is 28.4 Å². The van der Waals surface area contributed by atoms with Crippen molar-refractivity contribution in [2.75, 3.05) is 0 Å². The first kappa shape index (κ1) is 14.1. The Labute approximate surface area is 129 Å². The Morgan fingerprint density at radius 3 is 2.95 bits per heavy atom. The van der Waals surface area contributed by atoms with Crippen molar-refractivity contribution in [2.24, 2.45) is 0 Å². The van der Waals surface area contributed by atoms with Crippen molar-refractivity contribution in [2.45, 2.75) is 11.4 Å². The molecule has 0 saturated heterocycles. The Hall–Kier alpha value is -1.84. The third-order valence-electron chi connectivity index (χ3n) is 2.84. The van der Waals surface area contributed by atoms with E-state index in [1.54, 1.807) is 24.5 Å². The minimum atomic E-state index is -3.66. The van der Waals surface area contributed by atoms with Crippen LogP contribution in [0.3, 0.4) is 0 Å². The zero-order valence-electron chi connectivity index (χ0n) is 10.6.